The first-order chi connectivity index (χ1) is 9.85. The molecule has 1 N–H and O–H groups in total. The average molecular weight is 279 g/mol. The van der Waals surface area contributed by atoms with Crippen molar-refractivity contribution < 1.29 is 0 Å². The number of hydrogen-bond donors (Lipinski definition) is 1. The van der Waals surface area contributed by atoms with E-state index >= 15 is 0 Å². The van der Waals surface area contributed by atoms with Gasteiger partial charge in [0.2, 0.25) is 0 Å². The van der Waals surface area contributed by atoms with Gasteiger partial charge < -0.3 is 5.32 Å². The zero-order valence-corrected chi connectivity index (χ0v) is 13.0. The van der Waals surface area contributed by atoms with Gasteiger partial charge in [-0.2, -0.15) is 5.10 Å². The number of aryl methyl sites for hydroxylation is 1. The summed E-state index contributed by atoms with van der Waals surface area (Å²) >= 11 is 0. The van der Waals surface area contributed by atoms with E-state index in [-0.39, 0.29) is 0 Å². The third-order valence-electron chi connectivity index (χ3n) is 4.03. The number of piperidine rings is 1. The molecule has 20 heavy (non-hydrogen) atoms. The number of nitrogens with zero attached hydrogens (tertiary/aromatic N) is 4. The van der Waals surface area contributed by atoms with E-state index < -0.39 is 0 Å². The molecule has 0 amide bonds. The number of likely N-dealkylation sites (tertiary alicyclic amines) is 1. The summed E-state index contributed by atoms with van der Waals surface area (Å²) in [6.07, 6.45) is 7.98. The van der Waals surface area contributed by atoms with Crippen LogP contribution in [0.5, 0.6) is 0 Å². The lowest BCUT2D eigenvalue weighted by molar-refractivity contribution is 0.132. The van der Waals surface area contributed by atoms with Crippen LogP contribution in [0.15, 0.2) is 6.33 Å². The molecule has 0 spiro atoms. The second-order valence-corrected chi connectivity index (χ2v) is 5.72. The van der Waals surface area contributed by atoms with Gasteiger partial charge in [0.1, 0.15) is 12.2 Å². The van der Waals surface area contributed by atoms with Gasteiger partial charge in [-0.1, -0.05) is 20.3 Å². The Hall–Kier alpha value is -0.940. The summed E-state index contributed by atoms with van der Waals surface area (Å²) in [4.78, 5) is 7.04. The van der Waals surface area contributed by atoms with E-state index in [4.69, 9.17) is 0 Å². The average Bonchev–Trinajstić information content (AvgIpc) is 2.89. The zero-order valence-electron chi connectivity index (χ0n) is 13.0. The molecule has 0 radical (unpaired) electrons. The summed E-state index contributed by atoms with van der Waals surface area (Å²) in [6.45, 7) is 9.74. The van der Waals surface area contributed by atoms with Crippen LogP contribution in [0.2, 0.25) is 0 Å². The molecule has 2 heterocycles. The zero-order chi connectivity index (χ0) is 14.2. The van der Waals surface area contributed by atoms with Gasteiger partial charge in [-0.05, 0) is 38.8 Å². The molecule has 1 aromatic rings. The summed E-state index contributed by atoms with van der Waals surface area (Å²) < 4.78 is 2.06. The standard InChI is InChI=1S/C15H29N5/c1-3-8-16-11-14-7-5-6-10-19(14)12-15-17-13-18-20(15)9-4-2/h13-14,16H,3-12H2,1-2H3. The van der Waals surface area contributed by atoms with E-state index in [0.717, 1.165) is 38.4 Å². The van der Waals surface area contributed by atoms with Crippen LogP contribution < -0.4 is 5.32 Å². The van der Waals surface area contributed by atoms with Crippen LogP contribution in [-0.2, 0) is 13.1 Å². The first-order valence-corrected chi connectivity index (χ1v) is 8.16. The Balaban J connectivity index is 1.92. The van der Waals surface area contributed by atoms with Crippen LogP contribution in [-0.4, -0.2) is 45.3 Å². The van der Waals surface area contributed by atoms with E-state index in [0.29, 0.717) is 6.04 Å². The maximum absolute atomic E-state index is 4.45. The smallest absolute Gasteiger partial charge is 0.141 e. The van der Waals surface area contributed by atoms with E-state index in [2.05, 4.69) is 38.8 Å². The maximum atomic E-state index is 4.45. The van der Waals surface area contributed by atoms with Gasteiger partial charge in [0.25, 0.3) is 0 Å². The fraction of sp³-hybridized carbons (Fsp3) is 0.867. The molecule has 1 fully saturated rings. The summed E-state index contributed by atoms with van der Waals surface area (Å²) in [7, 11) is 0. The van der Waals surface area contributed by atoms with Gasteiger partial charge in [0.15, 0.2) is 0 Å². The van der Waals surface area contributed by atoms with Crippen LogP contribution >= 0.6 is 0 Å². The second-order valence-electron chi connectivity index (χ2n) is 5.72. The highest BCUT2D eigenvalue weighted by Crippen LogP contribution is 2.18. The molecule has 1 atom stereocenters. The molecule has 5 heteroatoms. The van der Waals surface area contributed by atoms with Crippen molar-refractivity contribution >= 4 is 0 Å². The van der Waals surface area contributed by atoms with Crippen LogP contribution in [0.4, 0.5) is 0 Å². The second kappa shape index (κ2) is 8.37. The van der Waals surface area contributed by atoms with E-state index in [9.17, 15) is 0 Å². The number of hydrogen-bond acceptors (Lipinski definition) is 4. The van der Waals surface area contributed by atoms with Crippen molar-refractivity contribution in [2.45, 2.75) is 65.1 Å². The van der Waals surface area contributed by atoms with Crippen molar-refractivity contribution in [3.63, 3.8) is 0 Å². The molecule has 1 aromatic heterocycles. The molecule has 114 valence electrons. The van der Waals surface area contributed by atoms with Crippen LogP contribution in [0.25, 0.3) is 0 Å². The quantitative estimate of drug-likeness (QED) is 0.740. The normalized spacial score (nSPS) is 20.4. The fourth-order valence-electron chi connectivity index (χ4n) is 2.94. The predicted octanol–water partition coefficient (Wildman–Crippen LogP) is 2.04. The lowest BCUT2D eigenvalue weighted by Gasteiger charge is -2.35. The summed E-state index contributed by atoms with van der Waals surface area (Å²) in [5.41, 5.74) is 0. The highest BCUT2D eigenvalue weighted by molar-refractivity contribution is 4.88. The van der Waals surface area contributed by atoms with Gasteiger partial charge in [0.05, 0.1) is 6.54 Å². The minimum atomic E-state index is 0.655. The van der Waals surface area contributed by atoms with Crippen molar-refractivity contribution in [2.75, 3.05) is 19.6 Å². The molecular formula is C15H29N5. The highest BCUT2D eigenvalue weighted by atomic mass is 15.4. The van der Waals surface area contributed by atoms with E-state index in [1.807, 2.05) is 0 Å². The van der Waals surface area contributed by atoms with Crippen LogP contribution in [0.3, 0.4) is 0 Å². The number of rotatable bonds is 8. The van der Waals surface area contributed by atoms with Crippen molar-refractivity contribution in [1.82, 2.24) is 25.0 Å². The summed E-state index contributed by atoms with van der Waals surface area (Å²) in [5, 5.41) is 7.90. The Kier molecular flexibility index (Phi) is 6.47. The summed E-state index contributed by atoms with van der Waals surface area (Å²) in [5.74, 6) is 1.12. The largest absolute Gasteiger partial charge is 0.315 e. The van der Waals surface area contributed by atoms with Crippen molar-refractivity contribution in [2.24, 2.45) is 0 Å². The van der Waals surface area contributed by atoms with Crippen molar-refractivity contribution in [3.05, 3.63) is 12.2 Å². The molecule has 1 aliphatic heterocycles. The molecule has 5 nitrogen and oxygen atoms in total. The Bertz CT molecular complexity index is 376. The molecule has 0 saturated carbocycles. The molecule has 2 rings (SSSR count). The molecule has 0 bridgehead atoms. The molecule has 1 unspecified atom stereocenters. The third kappa shape index (κ3) is 4.28. The Morgan fingerprint density at radius 3 is 3.00 bits per heavy atom. The fourth-order valence-corrected chi connectivity index (χ4v) is 2.94. The third-order valence-corrected chi connectivity index (χ3v) is 4.03. The number of aromatic nitrogens is 3. The Morgan fingerprint density at radius 1 is 1.30 bits per heavy atom. The molecule has 0 aliphatic carbocycles. The van der Waals surface area contributed by atoms with E-state index in [1.165, 1.54) is 32.2 Å². The van der Waals surface area contributed by atoms with Crippen LogP contribution in [0.1, 0.15) is 51.8 Å². The molecular weight excluding hydrogens is 250 g/mol. The van der Waals surface area contributed by atoms with Crippen molar-refractivity contribution in [3.8, 4) is 0 Å². The van der Waals surface area contributed by atoms with Gasteiger partial charge in [-0.3, -0.25) is 4.90 Å². The molecule has 1 aliphatic rings. The lowest BCUT2D eigenvalue weighted by atomic mass is 10.0. The molecule has 1 saturated heterocycles. The Labute approximate surface area is 122 Å². The van der Waals surface area contributed by atoms with Crippen LogP contribution in [0, 0.1) is 0 Å². The van der Waals surface area contributed by atoms with Gasteiger partial charge in [-0.25, -0.2) is 9.67 Å². The highest BCUT2D eigenvalue weighted by Gasteiger charge is 2.23. The maximum Gasteiger partial charge on any atom is 0.141 e. The van der Waals surface area contributed by atoms with Crippen molar-refractivity contribution in [1.29, 1.82) is 0 Å². The Morgan fingerprint density at radius 2 is 2.20 bits per heavy atom. The lowest BCUT2D eigenvalue weighted by Crippen LogP contribution is -2.45. The summed E-state index contributed by atoms with van der Waals surface area (Å²) in [6, 6.07) is 0.655. The monoisotopic (exact) mass is 279 g/mol. The van der Waals surface area contributed by atoms with Gasteiger partial charge in [-0.15, -0.1) is 0 Å². The van der Waals surface area contributed by atoms with E-state index in [1.54, 1.807) is 6.33 Å². The number of nitrogens with one attached hydrogen (secondary N) is 1. The molecule has 0 aromatic carbocycles. The first-order valence-electron chi connectivity index (χ1n) is 8.16. The van der Waals surface area contributed by atoms with Gasteiger partial charge in [0, 0.05) is 19.1 Å². The minimum Gasteiger partial charge on any atom is -0.315 e. The SMILES string of the molecule is CCCNCC1CCCCN1Cc1ncnn1CCC. The topological polar surface area (TPSA) is 46.0 Å². The first kappa shape index (κ1) is 15.4. The minimum absolute atomic E-state index is 0.655. The predicted molar refractivity (Wildman–Crippen MR) is 81.5 cm³/mol. The van der Waals surface area contributed by atoms with Gasteiger partial charge >= 0.3 is 0 Å².